The smallest absolute Gasteiger partial charge is 0.314 e. The first-order chi connectivity index (χ1) is 9.78. The third-order valence-electron chi connectivity index (χ3n) is 3.72. The molecule has 21 heavy (non-hydrogen) atoms. The minimum Gasteiger partial charge on any atom is -0.388 e. The quantitative estimate of drug-likeness (QED) is 0.780. The van der Waals surface area contributed by atoms with E-state index in [9.17, 15) is 9.90 Å². The van der Waals surface area contributed by atoms with Gasteiger partial charge in [-0.05, 0) is 19.3 Å². The van der Waals surface area contributed by atoms with Gasteiger partial charge in [-0.3, -0.25) is 0 Å². The average molecular weight is 311 g/mol. The van der Waals surface area contributed by atoms with E-state index in [4.69, 9.17) is 0 Å². The van der Waals surface area contributed by atoms with Crippen LogP contribution >= 0.6 is 11.3 Å². The molecule has 118 valence electrons. The van der Waals surface area contributed by atoms with Crippen molar-refractivity contribution in [3.05, 3.63) is 16.1 Å². The zero-order valence-corrected chi connectivity index (χ0v) is 13.8. The van der Waals surface area contributed by atoms with Gasteiger partial charge in [-0.25, -0.2) is 9.78 Å². The molecule has 5 nitrogen and oxygen atoms in total. The van der Waals surface area contributed by atoms with Gasteiger partial charge < -0.3 is 15.7 Å². The monoisotopic (exact) mass is 311 g/mol. The number of nitrogens with zero attached hydrogens (tertiary/aromatic N) is 1. The summed E-state index contributed by atoms with van der Waals surface area (Å²) in [5, 5.41) is 18.6. The lowest BCUT2D eigenvalue weighted by Crippen LogP contribution is -2.50. The largest absolute Gasteiger partial charge is 0.388 e. The summed E-state index contributed by atoms with van der Waals surface area (Å²) in [6.45, 7) is 7.33. The van der Waals surface area contributed by atoms with Crippen molar-refractivity contribution in [1.82, 2.24) is 15.6 Å². The van der Waals surface area contributed by atoms with Crippen molar-refractivity contribution in [2.24, 2.45) is 0 Å². The van der Waals surface area contributed by atoms with Crippen molar-refractivity contribution >= 4 is 17.4 Å². The molecule has 0 radical (unpaired) electrons. The highest BCUT2D eigenvalue weighted by Crippen LogP contribution is 2.30. The Morgan fingerprint density at radius 3 is 2.67 bits per heavy atom. The fraction of sp³-hybridized carbons (Fsp3) is 0.733. The second kappa shape index (κ2) is 6.32. The van der Waals surface area contributed by atoms with Crippen molar-refractivity contribution in [3.8, 4) is 0 Å². The molecule has 0 aliphatic heterocycles. The zero-order valence-electron chi connectivity index (χ0n) is 13.0. The van der Waals surface area contributed by atoms with Crippen LogP contribution in [0.3, 0.4) is 0 Å². The predicted octanol–water partition coefficient (Wildman–Crippen LogP) is 2.20. The Morgan fingerprint density at radius 1 is 1.43 bits per heavy atom. The van der Waals surface area contributed by atoms with Crippen LogP contribution in [-0.2, 0) is 11.8 Å². The molecule has 1 aromatic heterocycles. The Bertz CT molecular complexity index is 489. The highest BCUT2D eigenvalue weighted by atomic mass is 32.1. The normalized spacial score (nSPS) is 17.1. The van der Waals surface area contributed by atoms with Crippen LogP contribution in [0.1, 0.15) is 50.7 Å². The van der Waals surface area contributed by atoms with E-state index in [0.717, 1.165) is 36.4 Å². The van der Waals surface area contributed by atoms with Gasteiger partial charge in [0.25, 0.3) is 0 Å². The van der Waals surface area contributed by atoms with Gasteiger partial charge in [0.1, 0.15) is 0 Å². The van der Waals surface area contributed by atoms with Gasteiger partial charge in [-0.2, -0.15) is 0 Å². The molecule has 1 aliphatic rings. The predicted molar refractivity (Wildman–Crippen MR) is 84.7 cm³/mol. The first-order valence-corrected chi connectivity index (χ1v) is 8.35. The van der Waals surface area contributed by atoms with E-state index >= 15 is 0 Å². The number of nitrogens with one attached hydrogen (secondary N) is 2. The SMILES string of the molecule is CC(C)(C)c1nc(CCNC(=O)NCC2(O)CCC2)cs1. The van der Waals surface area contributed by atoms with E-state index in [0.29, 0.717) is 13.1 Å². The van der Waals surface area contributed by atoms with E-state index in [1.54, 1.807) is 11.3 Å². The van der Waals surface area contributed by atoms with Crippen LogP contribution < -0.4 is 10.6 Å². The van der Waals surface area contributed by atoms with E-state index in [1.807, 2.05) is 0 Å². The van der Waals surface area contributed by atoms with Gasteiger partial charge in [0.15, 0.2) is 0 Å². The van der Waals surface area contributed by atoms with E-state index < -0.39 is 5.60 Å². The molecule has 1 aromatic rings. The van der Waals surface area contributed by atoms with E-state index in [2.05, 4.69) is 41.8 Å². The molecule has 1 heterocycles. The standard InChI is InChI=1S/C15H25N3O2S/c1-14(2,3)12-18-11(9-21-12)5-8-16-13(19)17-10-15(20)6-4-7-15/h9,20H,4-8,10H2,1-3H3,(H2,16,17,19). The Hall–Kier alpha value is -1.14. The minimum atomic E-state index is -0.673. The molecule has 0 aromatic carbocycles. The zero-order chi connectivity index (χ0) is 15.5. The van der Waals surface area contributed by atoms with Gasteiger partial charge in [0.2, 0.25) is 0 Å². The average Bonchev–Trinajstić information content (AvgIpc) is 2.83. The number of carbonyl (C=O) groups excluding carboxylic acids is 1. The summed E-state index contributed by atoms with van der Waals surface area (Å²) in [4.78, 5) is 16.2. The van der Waals surface area contributed by atoms with Gasteiger partial charge in [0.05, 0.1) is 16.3 Å². The summed E-state index contributed by atoms with van der Waals surface area (Å²) >= 11 is 1.67. The Balaban J connectivity index is 1.67. The van der Waals surface area contributed by atoms with Crippen LogP contribution in [-0.4, -0.2) is 34.8 Å². The summed E-state index contributed by atoms with van der Waals surface area (Å²) in [6.07, 6.45) is 3.33. The molecule has 1 aliphatic carbocycles. The molecule has 1 saturated carbocycles. The van der Waals surface area contributed by atoms with Crippen LogP contribution in [0.2, 0.25) is 0 Å². The Morgan fingerprint density at radius 2 is 2.14 bits per heavy atom. The first kappa shape index (κ1) is 16.2. The van der Waals surface area contributed by atoms with E-state index in [-0.39, 0.29) is 11.4 Å². The molecule has 0 atom stereocenters. The lowest BCUT2D eigenvalue weighted by atomic mass is 9.80. The number of thiazole rings is 1. The van der Waals surface area contributed by atoms with Gasteiger partial charge in [-0.15, -0.1) is 11.3 Å². The molecule has 0 unspecified atom stereocenters. The molecule has 3 N–H and O–H groups in total. The molecule has 0 saturated heterocycles. The number of carbonyl (C=O) groups is 1. The summed E-state index contributed by atoms with van der Waals surface area (Å²) in [7, 11) is 0. The van der Waals surface area contributed by atoms with Crippen molar-refractivity contribution < 1.29 is 9.90 Å². The number of aromatic nitrogens is 1. The van der Waals surface area contributed by atoms with Gasteiger partial charge in [-0.1, -0.05) is 20.8 Å². The molecular weight excluding hydrogens is 286 g/mol. The van der Waals surface area contributed by atoms with Crippen LogP contribution in [0, 0.1) is 0 Å². The van der Waals surface area contributed by atoms with E-state index in [1.165, 1.54) is 0 Å². The minimum absolute atomic E-state index is 0.0753. The van der Waals surface area contributed by atoms with Gasteiger partial charge >= 0.3 is 6.03 Å². The van der Waals surface area contributed by atoms with Crippen molar-refractivity contribution in [1.29, 1.82) is 0 Å². The maximum absolute atomic E-state index is 11.6. The molecule has 6 heteroatoms. The third kappa shape index (κ3) is 4.68. The van der Waals surface area contributed by atoms with Crippen molar-refractivity contribution in [3.63, 3.8) is 0 Å². The Kier molecular flexibility index (Phi) is 4.88. The topological polar surface area (TPSA) is 74.2 Å². The van der Waals surface area contributed by atoms with Crippen molar-refractivity contribution in [2.75, 3.05) is 13.1 Å². The molecular formula is C15H25N3O2S. The number of hydrogen-bond acceptors (Lipinski definition) is 4. The second-order valence-electron chi connectivity index (χ2n) is 6.83. The lowest BCUT2D eigenvalue weighted by Gasteiger charge is -2.36. The molecule has 1 fully saturated rings. The highest BCUT2D eigenvalue weighted by Gasteiger charge is 2.34. The number of aliphatic hydroxyl groups is 1. The fourth-order valence-corrected chi connectivity index (χ4v) is 3.08. The number of hydrogen-bond donors (Lipinski definition) is 3. The molecule has 0 spiro atoms. The molecule has 2 rings (SSSR count). The third-order valence-corrected chi connectivity index (χ3v) is 5.04. The first-order valence-electron chi connectivity index (χ1n) is 7.47. The fourth-order valence-electron chi connectivity index (χ4n) is 2.14. The summed E-state index contributed by atoms with van der Waals surface area (Å²) in [5.74, 6) is 0. The number of urea groups is 1. The lowest BCUT2D eigenvalue weighted by molar-refractivity contribution is -0.0290. The molecule has 0 bridgehead atoms. The number of rotatable bonds is 5. The Labute approximate surface area is 130 Å². The van der Waals surface area contributed by atoms with Crippen LogP contribution in [0.25, 0.3) is 0 Å². The van der Waals surface area contributed by atoms with Crippen LogP contribution in [0.4, 0.5) is 4.79 Å². The molecule has 2 amide bonds. The summed E-state index contributed by atoms with van der Waals surface area (Å²) in [5.41, 5.74) is 0.419. The van der Waals surface area contributed by atoms with Gasteiger partial charge in [0, 0.05) is 30.3 Å². The van der Waals surface area contributed by atoms with Crippen LogP contribution in [0.15, 0.2) is 5.38 Å². The summed E-state index contributed by atoms with van der Waals surface area (Å²) in [6, 6.07) is -0.221. The maximum atomic E-state index is 11.6. The second-order valence-corrected chi connectivity index (χ2v) is 7.69. The highest BCUT2D eigenvalue weighted by molar-refractivity contribution is 7.09. The summed E-state index contributed by atoms with van der Waals surface area (Å²) < 4.78 is 0. The van der Waals surface area contributed by atoms with Crippen molar-refractivity contribution in [2.45, 2.75) is 57.5 Å². The number of amides is 2. The maximum Gasteiger partial charge on any atom is 0.314 e. The van der Waals surface area contributed by atoms with Crippen LogP contribution in [0.5, 0.6) is 0 Å².